The van der Waals surface area contributed by atoms with Crippen LogP contribution in [0.4, 0.5) is 0 Å². The minimum atomic E-state index is 0.935. The van der Waals surface area contributed by atoms with Crippen LogP contribution >= 0.6 is 0 Å². The maximum absolute atomic E-state index is 3.84. The van der Waals surface area contributed by atoms with Crippen LogP contribution in [0.15, 0.2) is 194 Å². The van der Waals surface area contributed by atoms with Crippen LogP contribution in [-0.4, -0.2) is 14.0 Å². The maximum Gasteiger partial charge on any atom is 0.0562 e. The number of para-hydroxylation sites is 3. The van der Waals surface area contributed by atoms with Crippen LogP contribution in [0.25, 0.3) is 60.6 Å². The van der Waals surface area contributed by atoms with Crippen LogP contribution in [0, 0.1) is 0 Å². The number of rotatable bonds is 8. The third-order valence-electron chi connectivity index (χ3n) is 10.4. The van der Waals surface area contributed by atoms with Crippen molar-refractivity contribution in [3.63, 3.8) is 0 Å². The first-order valence-corrected chi connectivity index (χ1v) is 17.9. The number of hydrogen-bond donors (Lipinski definition) is 0. The second kappa shape index (κ2) is 13.2. The standard InChI is InChI=1S/C48H39N3/c1-2-3-4-15-32-49(37-26-24-36(25-27-37)35-16-7-5-8-17-35)38-28-30-40(31-29-38)51-46-23-14-12-21-42(46)44-33-43-41-20-11-13-22-45(41)50(47(43)34-48(44)51)39-18-9-6-10-19-39/h2-24,26,28,30,32-34H,1,25,27,29,31H2/b4-3-,32-15-. The Bertz CT molecular complexity index is 2640. The minimum Gasteiger partial charge on any atom is -0.325 e. The van der Waals surface area contributed by atoms with Gasteiger partial charge in [-0.15, -0.1) is 0 Å². The fourth-order valence-electron chi connectivity index (χ4n) is 7.97. The van der Waals surface area contributed by atoms with E-state index < -0.39 is 0 Å². The van der Waals surface area contributed by atoms with Gasteiger partial charge in [-0.2, -0.15) is 0 Å². The largest absolute Gasteiger partial charge is 0.325 e. The highest BCUT2D eigenvalue weighted by atomic mass is 15.1. The average Bonchev–Trinajstić information content (AvgIpc) is 3.70. The van der Waals surface area contributed by atoms with Crippen molar-refractivity contribution in [2.75, 3.05) is 0 Å². The first kappa shape index (κ1) is 30.7. The Balaban J connectivity index is 1.17. The summed E-state index contributed by atoms with van der Waals surface area (Å²) in [5.41, 5.74) is 12.7. The molecule has 0 aliphatic heterocycles. The van der Waals surface area contributed by atoms with Crippen LogP contribution in [-0.2, 0) is 0 Å². The molecule has 2 aliphatic rings. The van der Waals surface area contributed by atoms with Gasteiger partial charge in [0, 0.05) is 50.5 Å². The molecule has 0 bridgehead atoms. The van der Waals surface area contributed by atoms with E-state index in [2.05, 4.69) is 179 Å². The van der Waals surface area contributed by atoms with Crippen molar-refractivity contribution in [1.82, 2.24) is 14.0 Å². The Morgan fingerprint density at radius 2 is 1.10 bits per heavy atom. The molecule has 0 N–H and O–H groups in total. The molecule has 9 rings (SSSR count). The van der Waals surface area contributed by atoms with Crippen LogP contribution in [0.2, 0.25) is 0 Å². The number of allylic oxidation sites excluding steroid dienone is 12. The molecule has 0 spiro atoms. The van der Waals surface area contributed by atoms with Crippen molar-refractivity contribution in [2.24, 2.45) is 0 Å². The predicted molar refractivity (Wildman–Crippen MR) is 217 cm³/mol. The lowest BCUT2D eigenvalue weighted by molar-refractivity contribution is 0.516. The van der Waals surface area contributed by atoms with Gasteiger partial charge in [-0.1, -0.05) is 116 Å². The zero-order chi connectivity index (χ0) is 34.1. The lowest BCUT2D eigenvalue weighted by Gasteiger charge is -2.30. The average molecular weight is 658 g/mol. The van der Waals surface area contributed by atoms with Gasteiger partial charge in [-0.3, -0.25) is 0 Å². The molecular formula is C48H39N3. The third-order valence-corrected chi connectivity index (χ3v) is 10.4. The highest BCUT2D eigenvalue weighted by Gasteiger charge is 2.22. The number of aromatic nitrogens is 2. The molecule has 2 heterocycles. The third kappa shape index (κ3) is 5.48. The number of benzene rings is 5. The fourth-order valence-corrected chi connectivity index (χ4v) is 7.97. The molecule has 0 amide bonds. The predicted octanol–water partition coefficient (Wildman–Crippen LogP) is 12.7. The topological polar surface area (TPSA) is 13.1 Å². The van der Waals surface area contributed by atoms with E-state index in [4.69, 9.17) is 0 Å². The molecule has 5 aromatic carbocycles. The summed E-state index contributed by atoms with van der Waals surface area (Å²) in [6, 6.07) is 44.0. The Morgan fingerprint density at radius 3 is 1.75 bits per heavy atom. The van der Waals surface area contributed by atoms with E-state index >= 15 is 0 Å². The van der Waals surface area contributed by atoms with E-state index in [-0.39, 0.29) is 0 Å². The summed E-state index contributed by atoms with van der Waals surface area (Å²) in [4.78, 5) is 2.40. The Kier molecular flexibility index (Phi) is 7.94. The van der Waals surface area contributed by atoms with Crippen LogP contribution in [0.3, 0.4) is 0 Å². The van der Waals surface area contributed by atoms with Gasteiger partial charge in [0.25, 0.3) is 0 Å². The van der Waals surface area contributed by atoms with Crippen molar-refractivity contribution in [3.8, 4) is 5.69 Å². The van der Waals surface area contributed by atoms with Gasteiger partial charge in [0.05, 0.1) is 22.1 Å². The molecular weight excluding hydrogens is 619 g/mol. The highest BCUT2D eigenvalue weighted by Crippen LogP contribution is 2.41. The molecule has 3 heteroatoms. The van der Waals surface area contributed by atoms with E-state index in [1.54, 1.807) is 0 Å². The van der Waals surface area contributed by atoms with Crippen molar-refractivity contribution >= 4 is 54.9 Å². The molecule has 51 heavy (non-hydrogen) atoms. The van der Waals surface area contributed by atoms with Crippen LogP contribution < -0.4 is 0 Å². The first-order valence-electron chi connectivity index (χ1n) is 17.9. The molecule has 0 saturated heterocycles. The second-order valence-corrected chi connectivity index (χ2v) is 13.3. The maximum atomic E-state index is 3.84. The molecule has 0 unspecified atom stereocenters. The zero-order valence-electron chi connectivity index (χ0n) is 28.6. The molecule has 2 aromatic heterocycles. The van der Waals surface area contributed by atoms with E-state index in [1.165, 1.54) is 77.5 Å². The molecule has 0 fully saturated rings. The number of fused-ring (bicyclic) bond motifs is 6. The monoisotopic (exact) mass is 657 g/mol. The molecule has 246 valence electrons. The highest BCUT2D eigenvalue weighted by molar-refractivity contribution is 6.19. The summed E-state index contributed by atoms with van der Waals surface area (Å²) >= 11 is 0. The minimum absolute atomic E-state index is 0.935. The molecule has 0 atom stereocenters. The summed E-state index contributed by atoms with van der Waals surface area (Å²) < 4.78 is 4.92. The van der Waals surface area contributed by atoms with Crippen LogP contribution in [0.1, 0.15) is 31.2 Å². The van der Waals surface area contributed by atoms with Gasteiger partial charge in [0.15, 0.2) is 0 Å². The number of hydrogen-bond acceptors (Lipinski definition) is 1. The summed E-state index contributed by atoms with van der Waals surface area (Å²) in [5, 5.41) is 5.13. The van der Waals surface area contributed by atoms with Crippen molar-refractivity contribution < 1.29 is 0 Å². The second-order valence-electron chi connectivity index (χ2n) is 13.3. The summed E-state index contributed by atoms with van der Waals surface area (Å²) in [7, 11) is 0. The quantitative estimate of drug-likeness (QED) is 0.148. The molecule has 7 aromatic rings. The Labute approximate surface area is 299 Å². The summed E-state index contributed by atoms with van der Waals surface area (Å²) in [6.07, 6.45) is 23.3. The SMILES string of the molecule is C=C/C=C\C=C/N(C1=CC=C(c2ccccc2)CC1)C1=CC=C(n2c3ccccc3c3cc4c5ccccc5n(-c5ccccc5)c4cc32)CC1. The van der Waals surface area contributed by atoms with E-state index in [9.17, 15) is 0 Å². The molecule has 0 saturated carbocycles. The number of nitrogens with zero attached hydrogens (tertiary/aromatic N) is 3. The summed E-state index contributed by atoms with van der Waals surface area (Å²) in [6.45, 7) is 3.84. The van der Waals surface area contributed by atoms with Crippen molar-refractivity contribution in [1.29, 1.82) is 0 Å². The van der Waals surface area contributed by atoms with Gasteiger partial charge >= 0.3 is 0 Å². The molecule has 0 radical (unpaired) electrons. The molecule has 2 aliphatic carbocycles. The Morgan fingerprint density at radius 1 is 0.490 bits per heavy atom. The van der Waals surface area contributed by atoms with Gasteiger partial charge < -0.3 is 14.0 Å². The fraction of sp³-hybridized carbons (Fsp3) is 0.0833. The van der Waals surface area contributed by atoms with Gasteiger partial charge in [0.2, 0.25) is 0 Å². The first-order chi connectivity index (χ1) is 25.3. The van der Waals surface area contributed by atoms with Gasteiger partial charge in [0.1, 0.15) is 0 Å². The van der Waals surface area contributed by atoms with E-state index in [0.717, 1.165) is 25.7 Å². The van der Waals surface area contributed by atoms with Gasteiger partial charge in [-0.25, -0.2) is 0 Å². The normalized spacial score (nSPS) is 15.1. The Hall–Kier alpha value is -6.32. The zero-order valence-corrected chi connectivity index (χ0v) is 28.6. The van der Waals surface area contributed by atoms with E-state index in [1.807, 2.05) is 18.2 Å². The smallest absolute Gasteiger partial charge is 0.0562 e. The van der Waals surface area contributed by atoms with Crippen LogP contribution in [0.5, 0.6) is 0 Å². The molecule has 3 nitrogen and oxygen atoms in total. The summed E-state index contributed by atoms with van der Waals surface area (Å²) in [5.74, 6) is 0. The van der Waals surface area contributed by atoms with Gasteiger partial charge in [-0.05, 0) is 97.5 Å². The lowest BCUT2D eigenvalue weighted by atomic mass is 9.95. The van der Waals surface area contributed by atoms with E-state index in [0.29, 0.717) is 0 Å². The lowest BCUT2D eigenvalue weighted by Crippen LogP contribution is -2.19. The van der Waals surface area contributed by atoms with Crippen molar-refractivity contribution in [3.05, 3.63) is 200 Å². The van der Waals surface area contributed by atoms with Crippen molar-refractivity contribution in [2.45, 2.75) is 25.7 Å².